The summed E-state index contributed by atoms with van der Waals surface area (Å²) in [7, 11) is 0. The summed E-state index contributed by atoms with van der Waals surface area (Å²) in [5, 5.41) is 0. The summed E-state index contributed by atoms with van der Waals surface area (Å²) in [6, 6.07) is 6.93. The minimum atomic E-state index is -0.432. The van der Waals surface area contributed by atoms with E-state index in [0.717, 1.165) is 0 Å². The molecule has 84 valence electrons. The van der Waals surface area contributed by atoms with Crippen LogP contribution in [0.4, 0.5) is 0 Å². The van der Waals surface area contributed by atoms with E-state index >= 15 is 0 Å². The van der Waals surface area contributed by atoms with Crippen LogP contribution in [0, 0.1) is 0 Å². The minimum absolute atomic E-state index is 0.402. The van der Waals surface area contributed by atoms with E-state index in [1.807, 2.05) is 6.92 Å². The molecule has 0 aliphatic heterocycles. The third kappa shape index (κ3) is 3.28. The fourth-order valence-electron chi connectivity index (χ4n) is 1.07. The van der Waals surface area contributed by atoms with E-state index in [4.69, 9.17) is 9.47 Å². The van der Waals surface area contributed by atoms with Gasteiger partial charge in [-0.25, -0.2) is 4.79 Å². The molecule has 1 rings (SSSR count). The summed E-state index contributed by atoms with van der Waals surface area (Å²) in [5.41, 5.74) is 0.402. The van der Waals surface area contributed by atoms with Crippen LogP contribution in [0.2, 0.25) is 0 Å². The molecule has 0 heterocycles. The number of para-hydroxylation sites is 1. The average Bonchev–Trinajstić information content (AvgIpc) is 2.33. The van der Waals surface area contributed by atoms with Crippen molar-refractivity contribution in [1.82, 2.24) is 0 Å². The molecule has 0 N–H and O–H groups in total. The van der Waals surface area contributed by atoms with Crippen LogP contribution in [0.15, 0.2) is 48.9 Å². The first-order chi connectivity index (χ1) is 7.79. The Labute approximate surface area is 95.0 Å². The van der Waals surface area contributed by atoms with Crippen LogP contribution in [0.1, 0.15) is 24.2 Å². The molecule has 0 atom stereocenters. The normalized spacial score (nSPS) is 10.9. The topological polar surface area (TPSA) is 35.5 Å². The summed E-state index contributed by atoms with van der Waals surface area (Å²) in [6.07, 6.45) is 6.25. The van der Waals surface area contributed by atoms with E-state index in [0.29, 0.717) is 11.3 Å². The molecule has 0 aliphatic rings. The maximum atomic E-state index is 11.6. The summed E-state index contributed by atoms with van der Waals surface area (Å²) in [4.78, 5) is 11.6. The second kappa shape index (κ2) is 6.45. The molecule has 0 spiro atoms. The Kier molecular flexibility index (Phi) is 4.86. The van der Waals surface area contributed by atoms with Crippen molar-refractivity contribution in [2.45, 2.75) is 13.8 Å². The second-order valence-electron chi connectivity index (χ2n) is 2.96. The van der Waals surface area contributed by atoms with Gasteiger partial charge in [-0.15, -0.1) is 0 Å². The van der Waals surface area contributed by atoms with Crippen LogP contribution in [-0.2, 0) is 4.74 Å². The minimum Gasteiger partial charge on any atom is -0.464 e. The van der Waals surface area contributed by atoms with Gasteiger partial charge in [0.15, 0.2) is 0 Å². The predicted octanol–water partition coefficient (Wildman–Crippen LogP) is 3.29. The van der Waals surface area contributed by atoms with Gasteiger partial charge in [-0.05, 0) is 26.0 Å². The van der Waals surface area contributed by atoms with Crippen molar-refractivity contribution in [1.29, 1.82) is 0 Å². The Bertz CT molecular complexity index is 405. The highest BCUT2D eigenvalue weighted by Crippen LogP contribution is 2.19. The molecule has 0 bridgehead atoms. The SMILES string of the molecule is CC=COC(=O)c1ccccc1OC=CC. The van der Waals surface area contributed by atoms with Crippen molar-refractivity contribution < 1.29 is 14.3 Å². The van der Waals surface area contributed by atoms with Crippen LogP contribution in [0.5, 0.6) is 5.75 Å². The number of esters is 1. The number of rotatable bonds is 4. The molecule has 0 aromatic heterocycles. The van der Waals surface area contributed by atoms with E-state index in [1.54, 1.807) is 43.3 Å². The summed E-state index contributed by atoms with van der Waals surface area (Å²) in [6.45, 7) is 3.61. The molecule has 0 saturated carbocycles. The van der Waals surface area contributed by atoms with Crippen molar-refractivity contribution in [3.8, 4) is 5.75 Å². The third-order valence-corrected chi connectivity index (χ3v) is 1.75. The van der Waals surface area contributed by atoms with Gasteiger partial charge in [0.2, 0.25) is 0 Å². The molecule has 0 unspecified atom stereocenters. The first kappa shape index (κ1) is 12.0. The van der Waals surface area contributed by atoms with Gasteiger partial charge in [-0.3, -0.25) is 0 Å². The largest absolute Gasteiger partial charge is 0.464 e. The number of allylic oxidation sites excluding steroid dienone is 2. The number of hydrogen-bond donors (Lipinski definition) is 0. The van der Waals surface area contributed by atoms with E-state index in [2.05, 4.69) is 0 Å². The first-order valence-corrected chi connectivity index (χ1v) is 4.98. The van der Waals surface area contributed by atoms with Crippen LogP contribution in [-0.4, -0.2) is 5.97 Å². The van der Waals surface area contributed by atoms with Crippen molar-refractivity contribution >= 4 is 5.97 Å². The van der Waals surface area contributed by atoms with Gasteiger partial charge >= 0.3 is 5.97 Å². The lowest BCUT2D eigenvalue weighted by Crippen LogP contribution is -2.02. The second-order valence-corrected chi connectivity index (χ2v) is 2.96. The lowest BCUT2D eigenvalue weighted by atomic mass is 10.2. The molecule has 0 radical (unpaired) electrons. The van der Waals surface area contributed by atoms with E-state index in [9.17, 15) is 4.79 Å². The number of carbonyl (C=O) groups is 1. The zero-order valence-corrected chi connectivity index (χ0v) is 9.34. The van der Waals surface area contributed by atoms with Gasteiger partial charge < -0.3 is 9.47 Å². The Morgan fingerprint density at radius 3 is 2.50 bits per heavy atom. The Balaban J connectivity index is 2.89. The fourth-order valence-corrected chi connectivity index (χ4v) is 1.07. The zero-order chi connectivity index (χ0) is 11.8. The van der Waals surface area contributed by atoms with Crippen molar-refractivity contribution in [3.05, 3.63) is 54.5 Å². The summed E-state index contributed by atoms with van der Waals surface area (Å²) in [5.74, 6) is 0.0494. The van der Waals surface area contributed by atoms with E-state index in [-0.39, 0.29) is 0 Å². The van der Waals surface area contributed by atoms with Gasteiger partial charge in [0.1, 0.15) is 11.3 Å². The Morgan fingerprint density at radius 1 is 1.12 bits per heavy atom. The van der Waals surface area contributed by atoms with E-state index in [1.165, 1.54) is 12.5 Å². The van der Waals surface area contributed by atoms with Crippen LogP contribution in [0.25, 0.3) is 0 Å². The number of hydrogen-bond acceptors (Lipinski definition) is 3. The van der Waals surface area contributed by atoms with Crippen LogP contribution in [0.3, 0.4) is 0 Å². The molecule has 1 aromatic rings. The highest BCUT2D eigenvalue weighted by molar-refractivity contribution is 5.92. The average molecular weight is 218 g/mol. The zero-order valence-electron chi connectivity index (χ0n) is 9.34. The molecule has 0 aliphatic carbocycles. The Hall–Kier alpha value is -2.03. The van der Waals surface area contributed by atoms with Crippen LogP contribution >= 0.6 is 0 Å². The van der Waals surface area contributed by atoms with Crippen molar-refractivity contribution in [2.75, 3.05) is 0 Å². The van der Waals surface area contributed by atoms with Crippen molar-refractivity contribution in [2.24, 2.45) is 0 Å². The maximum absolute atomic E-state index is 11.6. The highest BCUT2D eigenvalue weighted by atomic mass is 16.5. The van der Waals surface area contributed by atoms with Gasteiger partial charge in [-0.2, -0.15) is 0 Å². The standard InChI is InChI=1S/C13H14O3/c1-3-9-15-12-8-6-5-7-11(12)13(14)16-10-4-2/h3-10H,1-2H3. The summed E-state index contributed by atoms with van der Waals surface area (Å²) < 4.78 is 10.2. The van der Waals surface area contributed by atoms with Gasteiger partial charge in [-0.1, -0.05) is 24.3 Å². The van der Waals surface area contributed by atoms with E-state index < -0.39 is 5.97 Å². The number of carbonyl (C=O) groups excluding carboxylic acids is 1. The smallest absolute Gasteiger partial charge is 0.346 e. The molecular weight excluding hydrogens is 204 g/mol. The lowest BCUT2D eigenvalue weighted by Gasteiger charge is -2.05. The quantitative estimate of drug-likeness (QED) is 0.574. The number of ether oxygens (including phenoxy) is 2. The molecule has 0 saturated heterocycles. The predicted molar refractivity (Wildman–Crippen MR) is 62.1 cm³/mol. The molecule has 0 amide bonds. The molecule has 0 fully saturated rings. The molecular formula is C13H14O3. The first-order valence-electron chi connectivity index (χ1n) is 4.98. The monoisotopic (exact) mass is 218 g/mol. The molecule has 16 heavy (non-hydrogen) atoms. The molecule has 3 heteroatoms. The fraction of sp³-hybridized carbons (Fsp3) is 0.154. The maximum Gasteiger partial charge on any atom is 0.346 e. The third-order valence-electron chi connectivity index (χ3n) is 1.75. The van der Waals surface area contributed by atoms with Crippen molar-refractivity contribution in [3.63, 3.8) is 0 Å². The summed E-state index contributed by atoms with van der Waals surface area (Å²) >= 11 is 0. The molecule has 3 nitrogen and oxygen atoms in total. The van der Waals surface area contributed by atoms with Gasteiger partial charge in [0.05, 0.1) is 12.5 Å². The highest BCUT2D eigenvalue weighted by Gasteiger charge is 2.11. The molecule has 1 aromatic carbocycles. The van der Waals surface area contributed by atoms with Gasteiger partial charge in [0.25, 0.3) is 0 Å². The number of benzene rings is 1. The lowest BCUT2D eigenvalue weighted by molar-refractivity contribution is 0.0660. The Morgan fingerprint density at radius 2 is 1.81 bits per heavy atom. The van der Waals surface area contributed by atoms with Gasteiger partial charge in [0, 0.05) is 0 Å². The van der Waals surface area contributed by atoms with Crippen LogP contribution < -0.4 is 4.74 Å².